The molecular weight excluding hydrogens is 250 g/mol. The van der Waals surface area contributed by atoms with E-state index in [9.17, 15) is 4.79 Å². The van der Waals surface area contributed by atoms with E-state index in [0.29, 0.717) is 12.1 Å². The minimum Gasteiger partial charge on any atom is -0.343 e. The Morgan fingerprint density at radius 1 is 1.30 bits per heavy atom. The topological polar surface area (TPSA) is 35.6 Å². The van der Waals surface area contributed by atoms with Crippen LogP contribution in [0, 0.1) is 0 Å². The Balaban J connectivity index is 2.14. The predicted molar refractivity (Wildman–Crippen MR) is 84.9 cm³/mol. The van der Waals surface area contributed by atoms with Crippen molar-refractivity contribution in [1.29, 1.82) is 0 Å². The summed E-state index contributed by atoms with van der Waals surface area (Å²) in [5.74, 6) is 0.218. The molecule has 4 heteroatoms. The summed E-state index contributed by atoms with van der Waals surface area (Å²) in [6.45, 7) is 13.8. The van der Waals surface area contributed by atoms with Gasteiger partial charge in [0.2, 0.25) is 5.91 Å². The highest BCUT2D eigenvalue weighted by molar-refractivity contribution is 5.73. The lowest BCUT2D eigenvalue weighted by atomic mass is 10.0. The Morgan fingerprint density at radius 2 is 1.90 bits per heavy atom. The van der Waals surface area contributed by atoms with Gasteiger partial charge in [-0.25, -0.2) is 0 Å². The van der Waals surface area contributed by atoms with E-state index < -0.39 is 0 Å². The maximum Gasteiger partial charge on any atom is 0.219 e. The van der Waals surface area contributed by atoms with Crippen LogP contribution in [-0.4, -0.2) is 60.5 Å². The highest BCUT2D eigenvalue weighted by Gasteiger charge is 2.21. The van der Waals surface area contributed by atoms with E-state index in [1.54, 1.807) is 6.92 Å². The second kappa shape index (κ2) is 9.35. The second-order valence-corrected chi connectivity index (χ2v) is 6.02. The Hall–Kier alpha value is -0.610. The molecule has 1 saturated heterocycles. The summed E-state index contributed by atoms with van der Waals surface area (Å²) in [4.78, 5) is 15.7. The summed E-state index contributed by atoms with van der Waals surface area (Å²) in [6.07, 6.45) is 4.70. The van der Waals surface area contributed by atoms with Gasteiger partial charge in [-0.05, 0) is 52.2 Å². The number of rotatable bonds is 8. The van der Waals surface area contributed by atoms with E-state index >= 15 is 0 Å². The third kappa shape index (κ3) is 6.23. The van der Waals surface area contributed by atoms with Crippen molar-refractivity contribution in [2.45, 2.75) is 65.5 Å². The Bertz CT molecular complexity index is 271. The summed E-state index contributed by atoms with van der Waals surface area (Å²) in [6, 6.07) is 1.17. The van der Waals surface area contributed by atoms with Gasteiger partial charge in [-0.3, -0.25) is 4.79 Å². The van der Waals surface area contributed by atoms with E-state index in [1.165, 1.54) is 19.4 Å². The third-order valence-corrected chi connectivity index (χ3v) is 4.47. The molecule has 1 N–H and O–H groups in total. The van der Waals surface area contributed by atoms with Crippen LogP contribution in [0.5, 0.6) is 0 Å². The Labute approximate surface area is 124 Å². The van der Waals surface area contributed by atoms with E-state index in [4.69, 9.17) is 0 Å². The van der Waals surface area contributed by atoms with Crippen LogP contribution >= 0.6 is 0 Å². The summed E-state index contributed by atoms with van der Waals surface area (Å²) < 4.78 is 0. The highest BCUT2D eigenvalue weighted by Crippen LogP contribution is 2.12. The minimum atomic E-state index is 0.218. The first-order valence-corrected chi connectivity index (χ1v) is 8.30. The van der Waals surface area contributed by atoms with Gasteiger partial charge >= 0.3 is 0 Å². The van der Waals surface area contributed by atoms with E-state index in [-0.39, 0.29) is 5.91 Å². The number of hydrogen-bond donors (Lipinski definition) is 1. The fourth-order valence-electron chi connectivity index (χ4n) is 3.01. The number of carbonyl (C=O) groups excluding carboxylic acids is 1. The van der Waals surface area contributed by atoms with E-state index in [0.717, 1.165) is 39.0 Å². The lowest BCUT2D eigenvalue weighted by molar-refractivity contribution is -0.129. The van der Waals surface area contributed by atoms with Crippen LogP contribution in [0.2, 0.25) is 0 Å². The molecule has 118 valence electrons. The van der Waals surface area contributed by atoms with Crippen LogP contribution in [0.3, 0.4) is 0 Å². The molecule has 0 radical (unpaired) electrons. The lowest BCUT2D eigenvalue weighted by Crippen LogP contribution is -2.46. The molecule has 1 atom stereocenters. The van der Waals surface area contributed by atoms with Crippen molar-refractivity contribution < 1.29 is 4.79 Å². The van der Waals surface area contributed by atoms with Gasteiger partial charge < -0.3 is 15.1 Å². The predicted octanol–water partition coefficient (Wildman–Crippen LogP) is 2.10. The van der Waals surface area contributed by atoms with Gasteiger partial charge in [0.15, 0.2) is 0 Å². The zero-order valence-electron chi connectivity index (χ0n) is 13.8. The van der Waals surface area contributed by atoms with Gasteiger partial charge in [-0.1, -0.05) is 13.8 Å². The number of carbonyl (C=O) groups is 1. The molecule has 1 aliphatic rings. The van der Waals surface area contributed by atoms with Crippen molar-refractivity contribution in [3.63, 3.8) is 0 Å². The van der Waals surface area contributed by atoms with Crippen molar-refractivity contribution in [3.8, 4) is 0 Å². The molecular formula is C16H33N3O. The number of nitrogens with zero attached hydrogens (tertiary/aromatic N) is 2. The number of nitrogens with one attached hydrogen (secondary N) is 1. The summed E-state index contributed by atoms with van der Waals surface area (Å²) in [5.41, 5.74) is 0. The lowest BCUT2D eigenvalue weighted by Gasteiger charge is -2.33. The average Bonchev–Trinajstić information content (AvgIpc) is 2.44. The third-order valence-electron chi connectivity index (χ3n) is 4.47. The smallest absolute Gasteiger partial charge is 0.219 e. The molecule has 20 heavy (non-hydrogen) atoms. The van der Waals surface area contributed by atoms with Crippen LogP contribution in [-0.2, 0) is 4.79 Å². The highest BCUT2D eigenvalue weighted by atomic mass is 16.2. The Kier molecular flexibility index (Phi) is 8.15. The van der Waals surface area contributed by atoms with Crippen molar-refractivity contribution in [1.82, 2.24) is 15.1 Å². The standard InChI is InChI=1S/C16H33N3O/c1-5-18(6-2)11-7-8-14(3)17-16-9-12-19(13-10-16)15(4)20/h14,16-17H,5-13H2,1-4H3. The molecule has 0 aromatic heterocycles. The molecule has 0 spiro atoms. The number of likely N-dealkylation sites (tertiary alicyclic amines) is 1. The molecule has 0 bridgehead atoms. The quantitative estimate of drug-likeness (QED) is 0.741. The molecule has 1 unspecified atom stereocenters. The number of amides is 1. The molecule has 1 aliphatic heterocycles. The maximum absolute atomic E-state index is 11.3. The van der Waals surface area contributed by atoms with Gasteiger partial charge in [0.05, 0.1) is 0 Å². The first-order chi connectivity index (χ1) is 9.56. The molecule has 1 heterocycles. The Morgan fingerprint density at radius 3 is 2.40 bits per heavy atom. The van der Waals surface area contributed by atoms with Crippen molar-refractivity contribution in [3.05, 3.63) is 0 Å². The van der Waals surface area contributed by atoms with Crippen LogP contribution in [0.4, 0.5) is 0 Å². The van der Waals surface area contributed by atoms with E-state index in [1.807, 2.05) is 4.90 Å². The summed E-state index contributed by atoms with van der Waals surface area (Å²) in [5, 5.41) is 3.73. The maximum atomic E-state index is 11.3. The zero-order valence-corrected chi connectivity index (χ0v) is 13.8. The molecule has 1 amide bonds. The fraction of sp³-hybridized carbons (Fsp3) is 0.938. The summed E-state index contributed by atoms with van der Waals surface area (Å²) >= 11 is 0. The molecule has 0 saturated carbocycles. The first-order valence-electron chi connectivity index (χ1n) is 8.30. The summed E-state index contributed by atoms with van der Waals surface area (Å²) in [7, 11) is 0. The van der Waals surface area contributed by atoms with Crippen LogP contribution in [0.1, 0.15) is 53.4 Å². The van der Waals surface area contributed by atoms with Gasteiger partial charge in [0.25, 0.3) is 0 Å². The second-order valence-electron chi connectivity index (χ2n) is 6.02. The normalized spacial score (nSPS) is 18.6. The molecule has 1 fully saturated rings. The largest absolute Gasteiger partial charge is 0.343 e. The molecule has 0 aliphatic carbocycles. The average molecular weight is 283 g/mol. The van der Waals surface area contributed by atoms with Crippen LogP contribution in [0.25, 0.3) is 0 Å². The molecule has 0 aromatic rings. The number of hydrogen-bond acceptors (Lipinski definition) is 3. The monoisotopic (exact) mass is 283 g/mol. The van der Waals surface area contributed by atoms with Gasteiger partial charge in [-0.15, -0.1) is 0 Å². The van der Waals surface area contributed by atoms with E-state index in [2.05, 4.69) is 31.0 Å². The van der Waals surface area contributed by atoms with Gasteiger partial charge in [-0.2, -0.15) is 0 Å². The minimum absolute atomic E-state index is 0.218. The van der Waals surface area contributed by atoms with Gasteiger partial charge in [0.1, 0.15) is 0 Å². The van der Waals surface area contributed by atoms with Crippen molar-refractivity contribution in [2.75, 3.05) is 32.7 Å². The molecule has 0 aromatic carbocycles. The van der Waals surface area contributed by atoms with Crippen molar-refractivity contribution >= 4 is 5.91 Å². The van der Waals surface area contributed by atoms with Crippen LogP contribution < -0.4 is 5.32 Å². The van der Waals surface area contributed by atoms with Crippen molar-refractivity contribution in [2.24, 2.45) is 0 Å². The molecule has 1 rings (SSSR count). The number of piperidine rings is 1. The zero-order chi connectivity index (χ0) is 15.0. The van der Waals surface area contributed by atoms with Crippen LogP contribution in [0.15, 0.2) is 0 Å². The SMILES string of the molecule is CCN(CC)CCCC(C)NC1CCN(C(C)=O)CC1. The molecule has 4 nitrogen and oxygen atoms in total. The van der Waals surface area contributed by atoms with Gasteiger partial charge in [0, 0.05) is 32.1 Å². The first kappa shape index (κ1) is 17.4. The fourth-order valence-corrected chi connectivity index (χ4v) is 3.01.